The molecular weight excluding hydrogens is 307 g/mol. The summed E-state index contributed by atoms with van der Waals surface area (Å²) in [4.78, 5) is 8.69. The zero-order valence-electron chi connectivity index (χ0n) is 12.2. The molecule has 2 aromatic rings. The van der Waals surface area contributed by atoms with Gasteiger partial charge in [-0.05, 0) is 37.1 Å². The molecule has 0 saturated carbocycles. The summed E-state index contributed by atoms with van der Waals surface area (Å²) in [6.07, 6.45) is 2.71. The summed E-state index contributed by atoms with van der Waals surface area (Å²) in [5.74, 6) is 1.37. The van der Waals surface area contributed by atoms with Crippen LogP contribution in [0.3, 0.4) is 0 Å². The summed E-state index contributed by atoms with van der Waals surface area (Å²) in [5.41, 5.74) is 1.68. The van der Waals surface area contributed by atoms with Crippen LogP contribution in [0.5, 0.6) is 5.75 Å². The Kier molecular flexibility index (Phi) is 5.83. The Morgan fingerprint density at radius 3 is 2.10 bits per heavy atom. The van der Waals surface area contributed by atoms with E-state index in [1.165, 1.54) is 0 Å². The molecule has 0 atom stereocenters. The van der Waals surface area contributed by atoms with E-state index in [0.29, 0.717) is 22.7 Å². The number of hydrogen-bond donors (Lipinski definition) is 0. The van der Waals surface area contributed by atoms with Crippen molar-refractivity contribution in [2.24, 2.45) is 0 Å². The van der Waals surface area contributed by atoms with Gasteiger partial charge in [-0.3, -0.25) is 0 Å². The minimum absolute atomic E-state index is 0.429. The van der Waals surface area contributed by atoms with E-state index < -0.39 is 0 Å². The number of benzene rings is 1. The number of aromatic nitrogens is 2. The molecule has 1 heterocycles. The second-order valence-electron chi connectivity index (χ2n) is 4.73. The van der Waals surface area contributed by atoms with Crippen molar-refractivity contribution >= 4 is 23.2 Å². The molecule has 0 aliphatic carbocycles. The second kappa shape index (κ2) is 7.62. The average molecular weight is 325 g/mol. The minimum atomic E-state index is 0.429. The van der Waals surface area contributed by atoms with Crippen molar-refractivity contribution in [3.05, 3.63) is 40.1 Å². The molecule has 0 bridgehead atoms. The van der Waals surface area contributed by atoms with Crippen LogP contribution in [0, 0.1) is 0 Å². The van der Waals surface area contributed by atoms with Crippen LogP contribution in [0.1, 0.15) is 32.3 Å². The van der Waals surface area contributed by atoms with Gasteiger partial charge in [-0.25, -0.2) is 9.97 Å². The van der Waals surface area contributed by atoms with Crippen molar-refractivity contribution in [3.8, 4) is 17.1 Å². The molecule has 0 spiro atoms. The first kappa shape index (κ1) is 16.1. The van der Waals surface area contributed by atoms with Crippen LogP contribution in [-0.2, 0) is 6.42 Å². The maximum absolute atomic E-state index is 6.20. The molecule has 0 saturated heterocycles. The smallest absolute Gasteiger partial charge is 0.162 e. The lowest BCUT2D eigenvalue weighted by Crippen LogP contribution is -1.98. The van der Waals surface area contributed by atoms with Gasteiger partial charge in [0, 0.05) is 11.1 Å². The van der Waals surface area contributed by atoms with Gasteiger partial charge in [-0.1, -0.05) is 43.5 Å². The molecule has 0 aliphatic heterocycles. The summed E-state index contributed by atoms with van der Waals surface area (Å²) in [5, 5.41) is 0.858. The molecule has 5 heteroatoms. The topological polar surface area (TPSA) is 35.0 Å². The fraction of sp³-hybridized carbons (Fsp3) is 0.375. The van der Waals surface area contributed by atoms with Gasteiger partial charge < -0.3 is 4.74 Å². The van der Waals surface area contributed by atoms with Gasteiger partial charge in [0.05, 0.1) is 6.61 Å². The highest BCUT2D eigenvalue weighted by Gasteiger charge is 2.12. The van der Waals surface area contributed by atoms with Gasteiger partial charge in [0.15, 0.2) is 5.82 Å². The van der Waals surface area contributed by atoms with Crippen molar-refractivity contribution in [3.63, 3.8) is 0 Å². The first-order chi connectivity index (χ1) is 10.2. The van der Waals surface area contributed by atoms with Crippen LogP contribution >= 0.6 is 23.2 Å². The number of ether oxygens (including phenoxy) is 1. The molecule has 0 N–H and O–H groups in total. The SMILES string of the molecule is CCCOc1ccc(-c2nc(Cl)c(CCC)c(Cl)n2)cc1. The largest absolute Gasteiger partial charge is 0.494 e. The molecular formula is C16H18Cl2N2O. The van der Waals surface area contributed by atoms with E-state index in [-0.39, 0.29) is 0 Å². The predicted octanol–water partition coefficient (Wildman–Crippen LogP) is 5.19. The Hall–Kier alpha value is -1.32. The van der Waals surface area contributed by atoms with Crippen molar-refractivity contribution in [2.45, 2.75) is 33.1 Å². The summed E-state index contributed by atoms with van der Waals surface area (Å²) in [6.45, 7) is 4.85. The molecule has 2 rings (SSSR count). The van der Waals surface area contributed by atoms with Crippen LogP contribution in [0.15, 0.2) is 24.3 Å². The number of rotatable bonds is 6. The monoisotopic (exact) mass is 324 g/mol. The zero-order valence-corrected chi connectivity index (χ0v) is 13.7. The van der Waals surface area contributed by atoms with Crippen LogP contribution in [0.2, 0.25) is 10.3 Å². The lowest BCUT2D eigenvalue weighted by Gasteiger charge is -2.08. The highest BCUT2D eigenvalue weighted by Crippen LogP contribution is 2.27. The normalized spacial score (nSPS) is 10.7. The summed E-state index contributed by atoms with van der Waals surface area (Å²) < 4.78 is 5.55. The third kappa shape index (κ3) is 4.08. The predicted molar refractivity (Wildman–Crippen MR) is 87.3 cm³/mol. The highest BCUT2D eigenvalue weighted by molar-refractivity contribution is 6.34. The van der Waals surface area contributed by atoms with E-state index in [2.05, 4.69) is 23.8 Å². The molecule has 3 nitrogen and oxygen atoms in total. The Morgan fingerprint density at radius 2 is 1.57 bits per heavy atom. The Balaban J connectivity index is 2.25. The maximum atomic E-state index is 6.20. The lowest BCUT2D eigenvalue weighted by molar-refractivity contribution is 0.317. The van der Waals surface area contributed by atoms with E-state index in [0.717, 1.165) is 36.1 Å². The first-order valence-corrected chi connectivity index (χ1v) is 7.86. The minimum Gasteiger partial charge on any atom is -0.494 e. The van der Waals surface area contributed by atoms with E-state index >= 15 is 0 Å². The van der Waals surface area contributed by atoms with Gasteiger partial charge in [0.2, 0.25) is 0 Å². The van der Waals surface area contributed by atoms with Crippen molar-refractivity contribution in [1.29, 1.82) is 0 Å². The van der Waals surface area contributed by atoms with E-state index in [1.54, 1.807) is 0 Å². The molecule has 0 radical (unpaired) electrons. The zero-order chi connectivity index (χ0) is 15.2. The van der Waals surface area contributed by atoms with Crippen molar-refractivity contribution < 1.29 is 4.74 Å². The Bertz CT molecular complexity index is 577. The Labute approximate surface area is 135 Å². The van der Waals surface area contributed by atoms with E-state index in [1.807, 2.05) is 24.3 Å². The number of nitrogens with zero attached hydrogens (tertiary/aromatic N) is 2. The first-order valence-electron chi connectivity index (χ1n) is 7.10. The summed E-state index contributed by atoms with van der Waals surface area (Å²) in [6, 6.07) is 7.62. The molecule has 0 aliphatic rings. The van der Waals surface area contributed by atoms with Gasteiger partial charge in [-0.2, -0.15) is 0 Å². The van der Waals surface area contributed by atoms with Gasteiger partial charge in [0.25, 0.3) is 0 Å². The fourth-order valence-electron chi connectivity index (χ4n) is 1.94. The van der Waals surface area contributed by atoms with E-state index in [9.17, 15) is 0 Å². The molecule has 0 fully saturated rings. The number of halogens is 2. The molecule has 21 heavy (non-hydrogen) atoms. The summed E-state index contributed by atoms with van der Waals surface area (Å²) >= 11 is 12.4. The van der Waals surface area contributed by atoms with Crippen LogP contribution in [-0.4, -0.2) is 16.6 Å². The average Bonchev–Trinajstić information content (AvgIpc) is 2.49. The molecule has 112 valence electrons. The molecule has 0 unspecified atom stereocenters. The van der Waals surface area contributed by atoms with Crippen molar-refractivity contribution in [1.82, 2.24) is 9.97 Å². The molecule has 1 aromatic heterocycles. The Morgan fingerprint density at radius 1 is 0.952 bits per heavy atom. The standard InChI is InChI=1S/C16H18Cl2N2O/c1-3-5-13-14(17)19-16(20-15(13)18)11-6-8-12(9-7-11)21-10-4-2/h6-9H,3-5,10H2,1-2H3. The van der Waals surface area contributed by atoms with Crippen molar-refractivity contribution in [2.75, 3.05) is 6.61 Å². The quantitative estimate of drug-likeness (QED) is 0.685. The maximum Gasteiger partial charge on any atom is 0.162 e. The number of hydrogen-bond acceptors (Lipinski definition) is 3. The lowest BCUT2D eigenvalue weighted by atomic mass is 10.2. The van der Waals surface area contributed by atoms with Gasteiger partial charge in [0.1, 0.15) is 16.1 Å². The molecule has 1 aromatic carbocycles. The van der Waals surface area contributed by atoms with E-state index in [4.69, 9.17) is 27.9 Å². The van der Waals surface area contributed by atoms with Crippen LogP contribution < -0.4 is 4.74 Å². The summed E-state index contributed by atoms with van der Waals surface area (Å²) in [7, 11) is 0. The third-order valence-corrected chi connectivity index (χ3v) is 3.62. The third-order valence-electron chi connectivity index (χ3n) is 2.99. The van der Waals surface area contributed by atoms with Gasteiger partial charge >= 0.3 is 0 Å². The highest BCUT2D eigenvalue weighted by atomic mass is 35.5. The van der Waals surface area contributed by atoms with Crippen LogP contribution in [0.4, 0.5) is 0 Å². The van der Waals surface area contributed by atoms with Gasteiger partial charge in [-0.15, -0.1) is 0 Å². The second-order valence-corrected chi connectivity index (χ2v) is 5.45. The van der Waals surface area contributed by atoms with Crippen LogP contribution in [0.25, 0.3) is 11.4 Å². The molecule has 0 amide bonds. The fourth-order valence-corrected chi connectivity index (χ4v) is 2.51.